The minimum absolute atomic E-state index is 0.276. The van der Waals surface area contributed by atoms with E-state index < -0.39 is 0 Å². The maximum atomic E-state index is 6.03. The Bertz CT molecular complexity index is 696. The second kappa shape index (κ2) is 8.46. The van der Waals surface area contributed by atoms with Gasteiger partial charge in [-0.1, -0.05) is 13.0 Å². The average molecular weight is 339 g/mol. The molecule has 0 saturated heterocycles. The molecule has 0 atom stereocenters. The van der Waals surface area contributed by atoms with E-state index in [-0.39, 0.29) is 6.10 Å². The fraction of sp³-hybridized carbons (Fsp3) is 0.421. The van der Waals surface area contributed by atoms with Gasteiger partial charge < -0.3 is 15.8 Å². The van der Waals surface area contributed by atoms with E-state index in [1.165, 1.54) is 12.8 Å². The molecule has 0 unspecified atom stereocenters. The summed E-state index contributed by atoms with van der Waals surface area (Å²) in [6, 6.07) is 9.44. The number of nitrogens with one attached hydrogen (secondary N) is 1. The number of guanidine groups is 1. The SMILES string of the molecule is CC1CCC(Oc2cc(CN=C(N)Nc3ccccn3)ccn2)CC1. The number of aromatic nitrogens is 2. The largest absolute Gasteiger partial charge is 0.474 e. The predicted molar refractivity (Wildman–Crippen MR) is 99.5 cm³/mol. The number of rotatable bonds is 5. The summed E-state index contributed by atoms with van der Waals surface area (Å²) in [6.45, 7) is 2.77. The topological polar surface area (TPSA) is 85.4 Å². The number of anilines is 1. The summed E-state index contributed by atoms with van der Waals surface area (Å²) in [5.74, 6) is 2.49. The third kappa shape index (κ3) is 5.45. The Morgan fingerprint density at radius 2 is 2.04 bits per heavy atom. The van der Waals surface area contributed by atoms with Gasteiger partial charge in [0.15, 0.2) is 5.96 Å². The van der Waals surface area contributed by atoms with Gasteiger partial charge in [0, 0.05) is 18.5 Å². The number of nitrogens with zero attached hydrogens (tertiary/aromatic N) is 3. The van der Waals surface area contributed by atoms with Crippen LogP contribution in [0.15, 0.2) is 47.7 Å². The number of nitrogens with two attached hydrogens (primary N) is 1. The van der Waals surface area contributed by atoms with Gasteiger partial charge in [0.1, 0.15) is 11.9 Å². The molecule has 0 aromatic carbocycles. The first kappa shape index (κ1) is 17.2. The van der Waals surface area contributed by atoms with E-state index in [1.54, 1.807) is 12.4 Å². The van der Waals surface area contributed by atoms with Crippen molar-refractivity contribution < 1.29 is 4.74 Å². The zero-order chi connectivity index (χ0) is 17.5. The zero-order valence-electron chi connectivity index (χ0n) is 14.6. The van der Waals surface area contributed by atoms with Crippen molar-refractivity contribution in [2.24, 2.45) is 16.6 Å². The molecule has 132 valence electrons. The molecule has 1 fully saturated rings. The van der Waals surface area contributed by atoms with Crippen molar-refractivity contribution in [3.05, 3.63) is 48.3 Å². The van der Waals surface area contributed by atoms with Crippen LogP contribution in [-0.2, 0) is 6.54 Å². The fourth-order valence-corrected chi connectivity index (χ4v) is 2.92. The van der Waals surface area contributed by atoms with Crippen molar-refractivity contribution in [2.75, 3.05) is 5.32 Å². The molecule has 0 aliphatic heterocycles. The van der Waals surface area contributed by atoms with Crippen LogP contribution in [-0.4, -0.2) is 22.0 Å². The Hall–Kier alpha value is -2.63. The van der Waals surface area contributed by atoms with Crippen LogP contribution in [0.1, 0.15) is 38.2 Å². The van der Waals surface area contributed by atoms with E-state index in [0.29, 0.717) is 24.2 Å². The summed E-state index contributed by atoms with van der Waals surface area (Å²) in [6.07, 6.45) is 8.40. The minimum atomic E-state index is 0.276. The summed E-state index contributed by atoms with van der Waals surface area (Å²) in [5, 5.41) is 2.97. The lowest BCUT2D eigenvalue weighted by Gasteiger charge is -2.26. The van der Waals surface area contributed by atoms with Crippen LogP contribution in [0, 0.1) is 5.92 Å². The first-order valence-electron chi connectivity index (χ1n) is 8.78. The normalized spacial score (nSPS) is 20.9. The molecule has 1 aliphatic carbocycles. The van der Waals surface area contributed by atoms with Gasteiger partial charge >= 0.3 is 0 Å². The number of hydrogen-bond donors (Lipinski definition) is 2. The standard InChI is InChI=1S/C19H25N5O/c1-14-5-7-16(8-6-14)25-18-12-15(9-11-22-18)13-23-19(20)24-17-4-2-3-10-21-17/h2-4,9-12,14,16H,5-8,13H2,1H3,(H3,20,21,23,24). The van der Waals surface area contributed by atoms with Gasteiger partial charge in [0.05, 0.1) is 6.54 Å². The molecule has 3 rings (SSSR count). The molecule has 6 heteroatoms. The molecule has 25 heavy (non-hydrogen) atoms. The lowest BCUT2D eigenvalue weighted by molar-refractivity contribution is 0.130. The lowest BCUT2D eigenvalue weighted by atomic mass is 9.89. The third-order valence-electron chi connectivity index (χ3n) is 4.40. The minimum Gasteiger partial charge on any atom is -0.474 e. The number of hydrogen-bond acceptors (Lipinski definition) is 4. The van der Waals surface area contributed by atoms with Crippen molar-refractivity contribution in [3.8, 4) is 5.88 Å². The molecule has 3 N–H and O–H groups in total. The highest BCUT2D eigenvalue weighted by Gasteiger charge is 2.19. The molecular weight excluding hydrogens is 314 g/mol. The summed E-state index contributed by atoms with van der Waals surface area (Å²) >= 11 is 0. The maximum absolute atomic E-state index is 6.03. The summed E-state index contributed by atoms with van der Waals surface area (Å²) in [4.78, 5) is 12.8. The number of pyridine rings is 2. The Labute approximate surface area is 148 Å². The smallest absolute Gasteiger partial charge is 0.213 e. The van der Waals surface area contributed by atoms with Crippen molar-refractivity contribution in [1.82, 2.24) is 9.97 Å². The van der Waals surface area contributed by atoms with Crippen LogP contribution in [0.4, 0.5) is 5.82 Å². The molecular formula is C19H25N5O. The van der Waals surface area contributed by atoms with Gasteiger partial charge in [-0.15, -0.1) is 0 Å². The molecule has 1 aliphatic rings. The Morgan fingerprint density at radius 3 is 2.80 bits per heavy atom. The lowest BCUT2D eigenvalue weighted by Crippen LogP contribution is -2.23. The van der Waals surface area contributed by atoms with Gasteiger partial charge in [-0.2, -0.15) is 0 Å². The van der Waals surface area contributed by atoms with Crippen LogP contribution in [0.5, 0.6) is 5.88 Å². The maximum Gasteiger partial charge on any atom is 0.213 e. The van der Waals surface area contributed by atoms with Gasteiger partial charge in [0.25, 0.3) is 0 Å². The van der Waals surface area contributed by atoms with Crippen LogP contribution < -0.4 is 15.8 Å². The first-order valence-corrected chi connectivity index (χ1v) is 8.78. The third-order valence-corrected chi connectivity index (χ3v) is 4.40. The first-order chi connectivity index (χ1) is 12.2. The average Bonchev–Trinajstić information content (AvgIpc) is 2.63. The highest BCUT2D eigenvalue weighted by atomic mass is 16.5. The van der Waals surface area contributed by atoms with Crippen molar-refractivity contribution in [3.63, 3.8) is 0 Å². The Balaban J connectivity index is 1.55. The summed E-state index contributed by atoms with van der Waals surface area (Å²) in [7, 11) is 0. The molecule has 1 saturated carbocycles. The van der Waals surface area contributed by atoms with Gasteiger partial charge in [0.2, 0.25) is 5.88 Å². The zero-order valence-corrected chi connectivity index (χ0v) is 14.6. The molecule has 0 radical (unpaired) electrons. The molecule has 0 amide bonds. The molecule has 2 heterocycles. The van der Waals surface area contributed by atoms with E-state index in [0.717, 1.165) is 24.3 Å². The highest BCUT2D eigenvalue weighted by Crippen LogP contribution is 2.26. The van der Waals surface area contributed by atoms with Crippen LogP contribution in [0.3, 0.4) is 0 Å². The quantitative estimate of drug-likeness (QED) is 0.644. The van der Waals surface area contributed by atoms with Crippen LogP contribution in [0.2, 0.25) is 0 Å². The van der Waals surface area contributed by atoms with E-state index in [1.807, 2.05) is 30.3 Å². The molecule has 2 aromatic heterocycles. The molecule has 0 spiro atoms. The van der Waals surface area contributed by atoms with Crippen LogP contribution in [0.25, 0.3) is 0 Å². The number of aliphatic imine (C=N–C) groups is 1. The fourth-order valence-electron chi connectivity index (χ4n) is 2.92. The van der Waals surface area contributed by atoms with Gasteiger partial charge in [-0.3, -0.25) is 0 Å². The van der Waals surface area contributed by atoms with E-state index in [2.05, 4.69) is 27.2 Å². The summed E-state index contributed by atoms with van der Waals surface area (Å²) in [5.41, 5.74) is 6.92. The highest BCUT2D eigenvalue weighted by molar-refractivity contribution is 5.91. The monoisotopic (exact) mass is 339 g/mol. The Kier molecular flexibility index (Phi) is 5.82. The van der Waals surface area contributed by atoms with Crippen LogP contribution >= 0.6 is 0 Å². The molecule has 0 bridgehead atoms. The van der Waals surface area contributed by atoms with Crippen molar-refractivity contribution in [1.29, 1.82) is 0 Å². The van der Waals surface area contributed by atoms with E-state index in [9.17, 15) is 0 Å². The van der Waals surface area contributed by atoms with Gasteiger partial charge in [-0.25, -0.2) is 15.0 Å². The molecule has 2 aromatic rings. The van der Waals surface area contributed by atoms with Gasteiger partial charge in [-0.05, 0) is 55.4 Å². The number of ether oxygens (including phenoxy) is 1. The van der Waals surface area contributed by atoms with Crippen molar-refractivity contribution in [2.45, 2.75) is 45.3 Å². The summed E-state index contributed by atoms with van der Waals surface area (Å²) < 4.78 is 6.03. The van der Waals surface area contributed by atoms with E-state index in [4.69, 9.17) is 10.5 Å². The van der Waals surface area contributed by atoms with Crippen molar-refractivity contribution >= 4 is 11.8 Å². The molecule has 6 nitrogen and oxygen atoms in total. The van der Waals surface area contributed by atoms with E-state index >= 15 is 0 Å². The second-order valence-electron chi connectivity index (χ2n) is 6.54. The second-order valence-corrected chi connectivity index (χ2v) is 6.54. The Morgan fingerprint density at radius 1 is 1.20 bits per heavy atom. The predicted octanol–water partition coefficient (Wildman–Crippen LogP) is 3.36.